The summed E-state index contributed by atoms with van der Waals surface area (Å²) < 4.78 is 0. The molecule has 0 radical (unpaired) electrons. The number of rotatable bonds is 6. The average molecular weight is 248 g/mol. The van der Waals surface area contributed by atoms with Gasteiger partial charge in [-0.3, -0.25) is 4.90 Å². The number of benzene rings is 1. The summed E-state index contributed by atoms with van der Waals surface area (Å²) in [5.41, 5.74) is 10.1. The molecule has 0 heterocycles. The molecular formula is C16H28N2. The zero-order valence-electron chi connectivity index (χ0n) is 12.5. The number of likely N-dealkylation sites (N-methyl/N-ethyl adjacent to an activating group) is 1. The van der Waals surface area contributed by atoms with E-state index >= 15 is 0 Å². The van der Waals surface area contributed by atoms with Crippen LogP contribution in [0.4, 0.5) is 0 Å². The lowest BCUT2D eigenvalue weighted by molar-refractivity contribution is 0.235. The third-order valence-corrected chi connectivity index (χ3v) is 3.82. The quantitative estimate of drug-likeness (QED) is 0.837. The zero-order chi connectivity index (χ0) is 13.7. The highest BCUT2D eigenvalue weighted by Gasteiger charge is 2.17. The van der Waals surface area contributed by atoms with Crippen LogP contribution in [0, 0.1) is 19.8 Å². The fraction of sp³-hybridized carbons (Fsp3) is 0.625. The van der Waals surface area contributed by atoms with E-state index in [0.717, 1.165) is 12.5 Å². The van der Waals surface area contributed by atoms with Gasteiger partial charge in [0, 0.05) is 12.6 Å². The lowest BCUT2D eigenvalue weighted by Gasteiger charge is -2.29. The van der Waals surface area contributed by atoms with Crippen molar-refractivity contribution in [2.75, 3.05) is 20.1 Å². The number of nitrogens with zero attached hydrogens (tertiary/aromatic N) is 1. The van der Waals surface area contributed by atoms with E-state index in [-0.39, 0.29) is 0 Å². The summed E-state index contributed by atoms with van der Waals surface area (Å²) in [5.74, 6) is 0.740. The normalized spacial score (nSPS) is 13.3. The molecule has 1 unspecified atom stereocenters. The highest BCUT2D eigenvalue weighted by molar-refractivity contribution is 5.35. The highest BCUT2D eigenvalue weighted by atomic mass is 15.1. The predicted octanol–water partition coefficient (Wildman–Crippen LogP) is 3.28. The molecule has 0 aromatic heterocycles. The molecule has 102 valence electrons. The van der Waals surface area contributed by atoms with Crippen molar-refractivity contribution >= 4 is 0 Å². The summed E-state index contributed by atoms with van der Waals surface area (Å²) in [4.78, 5) is 2.39. The Hall–Kier alpha value is -0.860. The molecule has 0 aliphatic carbocycles. The average Bonchev–Trinajstić information content (AvgIpc) is 2.32. The van der Waals surface area contributed by atoms with Crippen molar-refractivity contribution in [3.63, 3.8) is 0 Å². The van der Waals surface area contributed by atoms with Gasteiger partial charge in [-0.25, -0.2) is 0 Å². The maximum absolute atomic E-state index is 5.99. The van der Waals surface area contributed by atoms with Crippen LogP contribution < -0.4 is 5.73 Å². The molecule has 2 heteroatoms. The van der Waals surface area contributed by atoms with Crippen LogP contribution in [-0.4, -0.2) is 25.0 Å². The van der Waals surface area contributed by atoms with Crippen molar-refractivity contribution in [2.45, 2.75) is 40.2 Å². The van der Waals surface area contributed by atoms with Gasteiger partial charge >= 0.3 is 0 Å². The Morgan fingerprint density at radius 1 is 1.22 bits per heavy atom. The summed E-state index contributed by atoms with van der Waals surface area (Å²) in [6, 6.07) is 6.85. The van der Waals surface area contributed by atoms with E-state index < -0.39 is 0 Å². The third kappa shape index (κ3) is 3.82. The number of hydrogen-bond donors (Lipinski definition) is 1. The van der Waals surface area contributed by atoms with Gasteiger partial charge in [-0.15, -0.1) is 0 Å². The molecule has 0 aliphatic rings. The van der Waals surface area contributed by atoms with Crippen molar-refractivity contribution in [2.24, 2.45) is 11.7 Å². The Morgan fingerprint density at radius 3 is 2.44 bits per heavy atom. The van der Waals surface area contributed by atoms with Gasteiger partial charge in [0.1, 0.15) is 0 Å². The lowest BCUT2D eigenvalue weighted by atomic mass is 9.96. The van der Waals surface area contributed by atoms with E-state index in [9.17, 15) is 0 Å². The molecular weight excluding hydrogens is 220 g/mol. The molecule has 0 saturated carbocycles. The van der Waals surface area contributed by atoms with E-state index in [0.29, 0.717) is 12.6 Å². The molecule has 0 aliphatic heterocycles. The van der Waals surface area contributed by atoms with Crippen molar-refractivity contribution in [3.8, 4) is 0 Å². The van der Waals surface area contributed by atoms with Crippen LogP contribution in [0.3, 0.4) is 0 Å². The SMILES string of the molecule is Cc1cccc(C(CN)N(C)CCC(C)C)c1C. The molecule has 0 amide bonds. The fourth-order valence-corrected chi connectivity index (χ4v) is 2.30. The van der Waals surface area contributed by atoms with E-state index in [2.05, 4.69) is 57.8 Å². The Balaban J connectivity index is 2.85. The Labute approximate surface area is 112 Å². The van der Waals surface area contributed by atoms with Gasteiger partial charge in [-0.1, -0.05) is 32.0 Å². The standard InChI is InChI=1S/C16H28N2/c1-12(2)9-10-18(5)16(11-17)15-8-6-7-13(3)14(15)4/h6-8,12,16H,9-11,17H2,1-5H3. The Bertz CT molecular complexity index is 371. The second-order valence-electron chi connectivity index (χ2n) is 5.70. The molecule has 0 fully saturated rings. The Morgan fingerprint density at radius 2 is 1.89 bits per heavy atom. The van der Waals surface area contributed by atoms with Crippen molar-refractivity contribution < 1.29 is 0 Å². The molecule has 1 rings (SSSR count). The number of nitrogens with two attached hydrogens (primary N) is 1. The minimum Gasteiger partial charge on any atom is -0.329 e. The maximum atomic E-state index is 5.99. The molecule has 2 nitrogen and oxygen atoms in total. The van der Waals surface area contributed by atoms with Gasteiger partial charge in [0.05, 0.1) is 0 Å². The van der Waals surface area contributed by atoms with Crippen molar-refractivity contribution in [1.82, 2.24) is 4.90 Å². The topological polar surface area (TPSA) is 29.3 Å². The number of hydrogen-bond acceptors (Lipinski definition) is 2. The summed E-state index contributed by atoms with van der Waals surface area (Å²) in [6.07, 6.45) is 1.22. The van der Waals surface area contributed by atoms with E-state index in [1.54, 1.807) is 0 Å². The summed E-state index contributed by atoms with van der Waals surface area (Å²) in [6.45, 7) is 10.7. The van der Waals surface area contributed by atoms with Crippen LogP contribution >= 0.6 is 0 Å². The first-order valence-corrected chi connectivity index (χ1v) is 6.93. The van der Waals surface area contributed by atoms with E-state index in [1.165, 1.54) is 23.1 Å². The highest BCUT2D eigenvalue weighted by Crippen LogP contribution is 2.24. The van der Waals surface area contributed by atoms with Crippen LogP contribution in [0.15, 0.2) is 18.2 Å². The van der Waals surface area contributed by atoms with Gasteiger partial charge in [0.25, 0.3) is 0 Å². The minimum absolute atomic E-state index is 0.337. The lowest BCUT2D eigenvalue weighted by Crippen LogP contribution is -2.32. The smallest absolute Gasteiger partial charge is 0.0470 e. The minimum atomic E-state index is 0.337. The molecule has 18 heavy (non-hydrogen) atoms. The summed E-state index contributed by atoms with van der Waals surface area (Å²) in [7, 11) is 2.18. The molecule has 2 N–H and O–H groups in total. The predicted molar refractivity (Wildman–Crippen MR) is 79.8 cm³/mol. The van der Waals surface area contributed by atoms with Gasteiger partial charge in [-0.2, -0.15) is 0 Å². The largest absolute Gasteiger partial charge is 0.329 e. The van der Waals surface area contributed by atoms with Gasteiger partial charge in [-0.05, 0) is 56.5 Å². The van der Waals surface area contributed by atoms with Gasteiger partial charge in [0.15, 0.2) is 0 Å². The summed E-state index contributed by atoms with van der Waals surface area (Å²) in [5, 5.41) is 0. The first-order chi connectivity index (χ1) is 8.47. The number of aryl methyl sites for hydroxylation is 1. The third-order valence-electron chi connectivity index (χ3n) is 3.82. The van der Waals surface area contributed by atoms with Crippen molar-refractivity contribution in [1.29, 1.82) is 0 Å². The van der Waals surface area contributed by atoms with Crippen LogP contribution in [0.5, 0.6) is 0 Å². The van der Waals surface area contributed by atoms with Crippen molar-refractivity contribution in [3.05, 3.63) is 34.9 Å². The molecule has 0 saturated heterocycles. The van der Waals surface area contributed by atoms with Crippen LogP contribution in [-0.2, 0) is 0 Å². The first kappa shape index (κ1) is 15.2. The van der Waals surface area contributed by atoms with Gasteiger partial charge < -0.3 is 5.73 Å². The van der Waals surface area contributed by atoms with E-state index in [1.807, 2.05) is 0 Å². The second kappa shape index (κ2) is 6.91. The zero-order valence-corrected chi connectivity index (χ0v) is 12.5. The van der Waals surface area contributed by atoms with Crippen LogP contribution in [0.25, 0.3) is 0 Å². The van der Waals surface area contributed by atoms with Gasteiger partial charge in [0.2, 0.25) is 0 Å². The molecule has 1 aromatic carbocycles. The van der Waals surface area contributed by atoms with Crippen LogP contribution in [0.2, 0.25) is 0 Å². The molecule has 1 aromatic rings. The Kier molecular flexibility index (Phi) is 5.83. The molecule has 0 bridgehead atoms. The first-order valence-electron chi connectivity index (χ1n) is 6.93. The monoisotopic (exact) mass is 248 g/mol. The van der Waals surface area contributed by atoms with E-state index in [4.69, 9.17) is 5.73 Å². The molecule has 0 spiro atoms. The molecule has 1 atom stereocenters. The fourth-order valence-electron chi connectivity index (χ4n) is 2.30. The summed E-state index contributed by atoms with van der Waals surface area (Å²) >= 11 is 0. The maximum Gasteiger partial charge on any atom is 0.0470 e. The van der Waals surface area contributed by atoms with Crippen LogP contribution in [0.1, 0.15) is 43.0 Å². The second-order valence-corrected chi connectivity index (χ2v) is 5.70.